The smallest absolute Gasteiger partial charge is 0.147 e. The molecule has 0 spiro atoms. The number of rotatable bonds is 19. The largest absolute Gasteiger partial charge is 0.355 e. The van der Waals surface area contributed by atoms with Gasteiger partial charge in [-0.3, -0.25) is 10.9 Å². The zero-order valence-electron chi connectivity index (χ0n) is 22.0. The Labute approximate surface area is 216 Å². The first-order valence-corrected chi connectivity index (χ1v) is 14.6. The van der Waals surface area contributed by atoms with E-state index in [1.807, 2.05) is 0 Å². The van der Waals surface area contributed by atoms with E-state index in [1.165, 1.54) is 51.4 Å². The molecule has 0 amide bonds. The van der Waals surface area contributed by atoms with Crippen LogP contribution in [0.15, 0.2) is 20.7 Å². The molecule has 4 rings (SSSR count). The topological polar surface area (TPSA) is 110 Å². The Kier molecular flexibility index (Phi) is 12.7. The highest BCUT2D eigenvalue weighted by atomic mass is 17.2. The van der Waals surface area contributed by atoms with Crippen LogP contribution in [0, 0.1) is 5.92 Å². The van der Waals surface area contributed by atoms with Crippen LogP contribution in [0.3, 0.4) is 0 Å². The zero-order chi connectivity index (χ0) is 24.7. The van der Waals surface area contributed by atoms with Gasteiger partial charge in [-0.1, -0.05) is 61.8 Å². The monoisotopic (exact) mass is 508 g/mol. The van der Waals surface area contributed by atoms with Gasteiger partial charge in [0, 0.05) is 6.61 Å². The molecule has 2 heterocycles. The number of fused-ring (bicyclic) bond motifs is 2. The van der Waals surface area contributed by atoms with Gasteiger partial charge >= 0.3 is 0 Å². The lowest BCUT2D eigenvalue weighted by Crippen LogP contribution is -2.40. The SMILES string of the molecule is C(CCCCCCOOCC1CCC2N=NNC2C1)CCCCCOCOC1CCC2N=NNC2C1. The molecule has 6 atom stereocenters. The van der Waals surface area contributed by atoms with Crippen molar-refractivity contribution in [2.75, 3.05) is 26.6 Å². The van der Waals surface area contributed by atoms with Gasteiger partial charge in [-0.2, -0.15) is 10.2 Å². The Morgan fingerprint density at radius 2 is 1.22 bits per heavy atom. The summed E-state index contributed by atoms with van der Waals surface area (Å²) in [6, 6.07) is 1.51. The lowest BCUT2D eigenvalue weighted by atomic mass is 9.84. The molecule has 2 aliphatic carbocycles. The van der Waals surface area contributed by atoms with Gasteiger partial charge in [0.15, 0.2) is 0 Å². The summed E-state index contributed by atoms with van der Waals surface area (Å²) >= 11 is 0. The van der Waals surface area contributed by atoms with E-state index in [0.29, 0.717) is 50.1 Å². The van der Waals surface area contributed by atoms with Crippen molar-refractivity contribution in [1.29, 1.82) is 0 Å². The Hall–Kier alpha value is -1.36. The molecule has 4 aliphatic rings. The van der Waals surface area contributed by atoms with Crippen LogP contribution in [-0.2, 0) is 19.2 Å². The molecular formula is C26H48N6O4. The number of nitrogens with zero attached hydrogens (tertiary/aromatic N) is 4. The van der Waals surface area contributed by atoms with E-state index in [9.17, 15) is 0 Å². The average molecular weight is 509 g/mol. The summed E-state index contributed by atoms with van der Waals surface area (Å²) in [7, 11) is 0. The highest BCUT2D eigenvalue weighted by Gasteiger charge is 2.34. The second-order valence-corrected chi connectivity index (χ2v) is 11.0. The molecule has 2 fully saturated rings. The maximum absolute atomic E-state index is 5.88. The lowest BCUT2D eigenvalue weighted by molar-refractivity contribution is -0.302. The summed E-state index contributed by atoms with van der Waals surface area (Å²) in [4.78, 5) is 10.9. The quantitative estimate of drug-likeness (QED) is 0.102. The van der Waals surface area contributed by atoms with E-state index in [1.54, 1.807) is 0 Å². The van der Waals surface area contributed by atoms with Crippen molar-refractivity contribution in [3.63, 3.8) is 0 Å². The van der Waals surface area contributed by atoms with Crippen LogP contribution < -0.4 is 10.9 Å². The van der Waals surface area contributed by atoms with Gasteiger partial charge in [-0.15, -0.1) is 0 Å². The second kappa shape index (κ2) is 16.5. The van der Waals surface area contributed by atoms with Crippen LogP contribution in [0.2, 0.25) is 0 Å². The van der Waals surface area contributed by atoms with E-state index < -0.39 is 0 Å². The molecule has 2 saturated carbocycles. The van der Waals surface area contributed by atoms with Crippen LogP contribution >= 0.6 is 0 Å². The Balaban J connectivity index is 0.820. The fraction of sp³-hybridized carbons (Fsp3) is 1.00. The van der Waals surface area contributed by atoms with Crippen LogP contribution in [0.1, 0.15) is 103 Å². The van der Waals surface area contributed by atoms with Crippen molar-refractivity contribution in [2.24, 2.45) is 26.6 Å². The number of hydrogen-bond donors (Lipinski definition) is 2. The van der Waals surface area contributed by atoms with E-state index in [2.05, 4.69) is 31.5 Å². The van der Waals surface area contributed by atoms with Crippen molar-refractivity contribution in [1.82, 2.24) is 10.9 Å². The minimum atomic E-state index is 0.279. The Bertz CT molecular complexity index is 600. The molecule has 2 aliphatic heterocycles. The third kappa shape index (κ3) is 9.84. The van der Waals surface area contributed by atoms with Gasteiger partial charge in [-0.05, 0) is 57.3 Å². The first-order chi connectivity index (χ1) is 17.9. The average Bonchev–Trinajstić information content (AvgIpc) is 3.56. The van der Waals surface area contributed by atoms with Crippen LogP contribution in [0.25, 0.3) is 0 Å². The molecule has 10 heteroatoms. The van der Waals surface area contributed by atoms with Gasteiger partial charge in [0.2, 0.25) is 0 Å². The maximum Gasteiger partial charge on any atom is 0.147 e. The molecule has 6 unspecified atom stereocenters. The van der Waals surface area contributed by atoms with Gasteiger partial charge < -0.3 is 9.47 Å². The predicted octanol–water partition coefficient (Wildman–Crippen LogP) is 5.59. The molecule has 0 aromatic carbocycles. The summed E-state index contributed by atoms with van der Waals surface area (Å²) < 4.78 is 11.6. The normalized spacial score (nSPS) is 30.7. The Morgan fingerprint density at radius 3 is 1.94 bits per heavy atom. The first-order valence-electron chi connectivity index (χ1n) is 14.6. The maximum atomic E-state index is 5.88. The van der Waals surface area contributed by atoms with Crippen LogP contribution in [0.5, 0.6) is 0 Å². The van der Waals surface area contributed by atoms with Gasteiger partial charge in [-0.25, -0.2) is 9.78 Å². The molecule has 0 bridgehead atoms. The van der Waals surface area contributed by atoms with Gasteiger partial charge in [0.25, 0.3) is 0 Å². The molecule has 0 saturated heterocycles. The number of ether oxygens (including phenoxy) is 2. The minimum Gasteiger partial charge on any atom is -0.355 e. The van der Waals surface area contributed by atoms with Crippen molar-refractivity contribution < 1.29 is 19.2 Å². The molecule has 206 valence electrons. The highest BCUT2D eigenvalue weighted by Crippen LogP contribution is 2.29. The van der Waals surface area contributed by atoms with E-state index in [4.69, 9.17) is 19.2 Å². The third-order valence-corrected chi connectivity index (χ3v) is 8.09. The fourth-order valence-corrected chi connectivity index (χ4v) is 5.76. The molecule has 10 nitrogen and oxygen atoms in total. The molecular weight excluding hydrogens is 460 g/mol. The van der Waals surface area contributed by atoms with Crippen LogP contribution in [0.4, 0.5) is 0 Å². The summed E-state index contributed by atoms with van der Waals surface area (Å²) in [6.07, 6.45) is 19.4. The first kappa shape index (κ1) is 27.7. The standard InChI is InChI=1S/C26H48N6O4/c1(3-5-7-9-15-33-20-34-22-12-14-24-26(18-22)30-32-28-24)2-4-6-8-10-16-35-36-19-21-11-13-23-25(17-21)29-31-27-23/h21-26H,1-20H2,(H,27,29)(H,28,30). The molecule has 36 heavy (non-hydrogen) atoms. The van der Waals surface area contributed by atoms with Crippen LogP contribution in [-0.4, -0.2) is 56.9 Å². The second-order valence-electron chi connectivity index (χ2n) is 11.0. The zero-order valence-corrected chi connectivity index (χ0v) is 22.0. The molecule has 2 N–H and O–H groups in total. The molecule has 0 radical (unpaired) electrons. The molecule has 0 aromatic heterocycles. The third-order valence-electron chi connectivity index (χ3n) is 8.09. The lowest BCUT2D eigenvalue weighted by Gasteiger charge is -2.29. The Morgan fingerprint density at radius 1 is 0.611 bits per heavy atom. The minimum absolute atomic E-state index is 0.279. The highest BCUT2D eigenvalue weighted by molar-refractivity contribution is 4.91. The number of unbranched alkanes of at least 4 members (excludes halogenated alkanes) is 9. The van der Waals surface area contributed by atoms with Crippen molar-refractivity contribution in [3.05, 3.63) is 0 Å². The van der Waals surface area contributed by atoms with Crippen molar-refractivity contribution in [2.45, 2.75) is 133 Å². The van der Waals surface area contributed by atoms with E-state index >= 15 is 0 Å². The van der Waals surface area contributed by atoms with E-state index in [-0.39, 0.29) is 6.10 Å². The summed E-state index contributed by atoms with van der Waals surface area (Å²) in [5.74, 6) is 0.558. The summed E-state index contributed by atoms with van der Waals surface area (Å²) in [5.41, 5.74) is 6.19. The predicted molar refractivity (Wildman–Crippen MR) is 136 cm³/mol. The van der Waals surface area contributed by atoms with E-state index in [0.717, 1.165) is 58.0 Å². The number of hydrogen-bond acceptors (Lipinski definition) is 10. The van der Waals surface area contributed by atoms with Gasteiger partial charge in [0.1, 0.15) is 6.79 Å². The number of nitrogens with one attached hydrogen (secondary N) is 2. The summed E-state index contributed by atoms with van der Waals surface area (Å²) in [5, 5.41) is 16.3. The molecule has 0 aromatic rings. The van der Waals surface area contributed by atoms with Crippen molar-refractivity contribution >= 4 is 0 Å². The fourth-order valence-electron chi connectivity index (χ4n) is 5.76. The summed E-state index contributed by atoms with van der Waals surface area (Å²) in [6.45, 7) is 2.62. The van der Waals surface area contributed by atoms with Gasteiger partial charge in [0.05, 0.1) is 43.5 Å². The van der Waals surface area contributed by atoms with Crippen molar-refractivity contribution in [3.8, 4) is 0 Å².